The fraction of sp³-hybridized carbons (Fsp3) is 0.333. The minimum atomic E-state index is -3.53. The van der Waals surface area contributed by atoms with E-state index in [0.29, 0.717) is 5.75 Å². The standard InChI is InChI=1S/C15H17NO5S2/c1-15(2,3)10-6-5-7-11(8-10)21-14-12(16(17)18)9-13(22-14)23(4,19)20/h5-9H,1-4H3. The summed E-state index contributed by atoms with van der Waals surface area (Å²) in [5.74, 6) is 0.433. The summed E-state index contributed by atoms with van der Waals surface area (Å²) >= 11 is 0.751. The molecule has 2 rings (SSSR count). The molecule has 0 fully saturated rings. The number of rotatable bonds is 4. The molecule has 0 atom stereocenters. The van der Waals surface area contributed by atoms with Gasteiger partial charge in [-0.3, -0.25) is 10.1 Å². The molecule has 8 heteroatoms. The number of hydrogen-bond acceptors (Lipinski definition) is 6. The second-order valence-corrected chi connectivity index (χ2v) is 9.40. The third-order valence-corrected chi connectivity index (χ3v) is 5.93. The number of nitrogens with zero attached hydrogens (tertiary/aromatic N) is 1. The van der Waals surface area contributed by atoms with Crippen LogP contribution < -0.4 is 4.74 Å². The average molecular weight is 355 g/mol. The van der Waals surface area contributed by atoms with Gasteiger partial charge in [0.15, 0.2) is 9.84 Å². The zero-order valence-electron chi connectivity index (χ0n) is 13.2. The third kappa shape index (κ3) is 4.08. The van der Waals surface area contributed by atoms with Gasteiger partial charge in [-0.1, -0.05) is 44.2 Å². The molecular formula is C15H17NO5S2. The Morgan fingerprint density at radius 3 is 2.39 bits per heavy atom. The summed E-state index contributed by atoms with van der Waals surface area (Å²) in [6.45, 7) is 6.13. The van der Waals surface area contributed by atoms with Crippen molar-refractivity contribution in [3.05, 3.63) is 46.0 Å². The number of ether oxygens (including phenoxy) is 1. The Morgan fingerprint density at radius 1 is 1.22 bits per heavy atom. The molecule has 6 nitrogen and oxygen atoms in total. The zero-order valence-corrected chi connectivity index (χ0v) is 14.8. The van der Waals surface area contributed by atoms with E-state index in [4.69, 9.17) is 4.74 Å². The predicted molar refractivity (Wildman–Crippen MR) is 89.3 cm³/mol. The summed E-state index contributed by atoms with van der Waals surface area (Å²) in [6.07, 6.45) is 1.01. The van der Waals surface area contributed by atoms with Crippen molar-refractivity contribution in [2.24, 2.45) is 0 Å². The first kappa shape index (κ1) is 17.4. The van der Waals surface area contributed by atoms with Gasteiger partial charge >= 0.3 is 5.69 Å². The molecule has 0 aliphatic heterocycles. The topological polar surface area (TPSA) is 86.5 Å². The molecular weight excluding hydrogens is 338 g/mol. The molecule has 0 aliphatic rings. The summed E-state index contributed by atoms with van der Waals surface area (Å²) in [7, 11) is -3.53. The van der Waals surface area contributed by atoms with Gasteiger partial charge < -0.3 is 4.74 Å². The van der Waals surface area contributed by atoms with Gasteiger partial charge in [-0.15, -0.1) is 0 Å². The van der Waals surface area contributed by atoms with Crippen molar-refractivity contribution < 1.29 is 18.1 Å². The Morgan fingerprint density at radius 2 is 1.87 bits per heavy atom. The van der Waals surface area contributed by atoms with Crippen LogP contribution in [0.2, 0.25) is 0 Å². The summed E-state index contributed by atoms with van der Waals surface area (Å²) < 4.78 is 28.7. The molecule has 1 heterocycles. The van der Waals surface area contributed by atoms with Crippen molar-refractivity contribution in [2.45, 2.75) is 30.4 Å². The third-order valence-electron chi connectivity index (χ3n) is 3.13. The summed E-state index contributed by atoms with van der Waals surface area (Å²) in [5, 5.41) is 11.1. The average Bonchev–Trinajstić information content (AvgIpc) is 2.82. The minimum Gasteiger partial charge on any atom is -0.440 e. The van der Waals surface area contributed by atoms with Crippen molar-refractivity contribution in [1.82, 2.24) is 0 Å². The normalized spacial score (nSPS) is 12.2. The molecule has 1 aromatic carbocycles. The van der Waals surface area contributed by atoms with Crippen molar-refractivity contribution in [1.29, 1.82) is 0 Å². The van der Waals surface area contributed by atoms with Crippen LogP contribution in [0.25, 0.3) is 0 Å². The van der Waals surface area contributed by atoms with E-state index in [1.54, 1.807) is 18.2 Å². The van der Waals surface area contributed by atoms with Gasteiger partial charge in [0.05, 0.1) is 4.92 Å². The quantitative estimate of drug-likeness (QED) is 0.607. The molecule has 2 aromatic rings. The highest BCUT2D eigenvalue weighted by atomic mass is 32.2. The van der Waals surface area contributed by atoms with Crippen LogP contribution >= 0.6 is 11.3 Å². The van der Waals surface area contributed by atoms with E-state index in [9.17, 15) is 18.5 Å². The molecule has 0 N–H and O–H groups in total. The summed E-state index contributed by atoms with van der Waals surface area (Å²) in [4.78, 5) is 10.5. The maximum atomic E-state index is 11.6. The van der Waals surface area contributed by atoms with Gasteiger partial charge in [0.25, 0.3) is 5.06 Å². The maximum Gasteiger partial charge on any atom is 0.324 e. The molecule has 0 amide bonds. The Hall–Kier alpha value is -1.93. The van der Waals surface area contributed by atoms with Crippen LogP contribution in [0, 0.1) is 10.1 Å². The Kier molecular flexibility index (Phi) is 4.50. The van der Waals surface area contributed by atoms with Gasteiger partial charge in [0, 0.05) is 12.3 Å². The van der Waals surface area contributed by atoms with E-state index in [1.165, 1.54) is 0 Å². The molecule has 0 saturated heterocycles. The monoisotopic (exact) mass is 355 g/mol. The van der Waals surface area contributed by atoms with E-state index in [-0.39, 0.29) is 20.4 Å². The lowest BCUT2D eigenvalue weighted by atomic mass is 9.87. The largest absolute Gasteiger partial charge is 0.440 e. The highest BCUT2D eigenvalue weighted by Crippen LogP contribution is 2.42. The minimum absolute atomic E-state index is 0.0403. The van der Waals surface area contributed by atoms with Crippen LogP contribution in [-0.2, 0) is 15.3 Å². The van der Waals surface area contributed by atoms with Gasteiger partial charge in [0.2, 0.25) is 0 Å². The van der Waals surface area contributed by atoms with E-state index in [2.05, 4.69) is 0 Å². The smallest absolute Gasteiger partial charge is 0.324 e. The van der Waals surface area contributed by atoms with Crippen LogP contribution in [0.15, 0.2) is 34.5 Å². The molecule has 0 aliphatic carbocycles. The first-order chi connectivity index (χ1) is 10.5. The molecule has 0 spiro atoms. The fourth-order valence-electron chi connectivity index (χ4n) is 1.86. The van der Waals surface area contributed by atoms with E-state index in [0.717, 1.165) is 29.2 Å². The van der Waals surface area contributed by atoms with Crippen LogP contribution in [0.3, 0.4) is 0 Å². The lowest BCUT2D eigenvalue weighted by Crippen LogP contribution is -2.10. The van der Waals surface area contributed by atoms with Gasteiger partial charge in [-0.2, -0.15) is 0 Å². The Bertz CT molecular complexity index is 847. The van der Waals surface area contributed by atoms with Crippen molar-refractivity contribution in [2.75, 3.05) is 6.26 Å². The highest BCUT2D eigenvalue weighted by molar-refractivity contribution is 7.92. The summed E-state index contributed by atoms with van der Waals surface area (Å²) in [5.41, 5.74) is 0.563. The number of nitro groups is 1. The zero-order chi connectivity index (χ0) is 17.4. The summed E-state index contributed by atoms with van der Waals surface area (Å²) in [6, 6.07) is 8.25. The number of thiophene rings is 1. The van der Waals surface area contributed by atoms with Crippen molar-refractivity contribution >= 4 is 26.9 Å². The molecule has 0 unspecified atom stereocenters. The lowest BCUT2D eigenvalue weighted by molar-refractivity contribution is -0.385. The molecule has 0 radical (unpaired) electrons. The molecule has 1 aromatic heterocycles. The first-order valence-corrected chi connectivity index (χ1v) is 9.46. The second-order valence-electron chi connectivity index (χ2n) is 6.15. The predicted octanol–water partition coefficient (Wildman–Crippen LogP) is 4.15. The van der Waals surface area contributed by atoms with Crippen LogP contribution in [0.1, 0.15) is 26.3 Å². The Balaban J connectivity index is 2.44. The van der Waals surface area contributed by atoms with Crippen molar-refractivity contribution in [3.8, 4) is 10.8 Å². The molecule has 0 bridgehead atoms. The van der Waals surface area contributed by atoms with Crippen LogP contribution in [-0.4, -0.2) is 19.6 Å². The van der Waals surface area contributed by atoms with E-state index < -0.39 is 14.8 Å². The van der Waals surface area contributed by atoms with Crippen LogP contribution in [0.5, 0.6) is 10.8 Å². The molecule has 124 valence electrons. The first-order valence-electron chi connectivity index (χ1n) is 6.75. The fourth-order valence-corrected chi connectivity index (χ4v) is 3.75. The van der Waals surface area contributed by atoms with Crippen LogP contribution in [0.4, 0.5) is 5.69 Å². The number of hydrogen-bond donors (Lipinski definition) is 0. The second kappa shape index (κ2) is 5.93. The Labute approximate surface area is 138 Å². The van der Waals surface area contributed by atoms with Gasteiger partial charge in [0.1, 0.15) is 9.96 Å². The number of benzene rings is 1. The lowest BCUT2D eigenvalue weighted by Gasteiger charge is -2.19. The maximum absolute atomic E-state index is 11.6. The van der Waals surface area contributed by atoms with E-state index in [1.807, 2.05) is 26.8 Å². The van der Waals surface area contributed by atoms with E-state index >= 15 is 0 Å². The number of sulfone groups is 1. The highest BCUT2D eigenvalue weighted by Gasteiger charge is 2.26. The van der Waals surface area contributed by atoms with Crippen molar-refractivity contribution in [3.63, 3.8) is 0 Å². The molecule has 23 heavy (non-hydrogen) atoms. The molecule has 0 saturated carbocycles. The van der Waals surface area contributed by atoms with Gasteiger partial charge in [-0.05, 0) is 23.1 Å². The SMILES string of the molecule is CC(C)(C)c1cccc(Oc2sc(S(C)(=O)=O)cc2[N+](=O)[O-])c1. The van der Waals surface area contributed by atoms with Gasteiger partial charge in [-0.25, -0.2) is 8.42 Å².